The summed E-state index contributed by atoms with van der Waals surface area (Å²) in [5.74, 6) is -0.346. The molecule has 0 heterocycles. The number of ether oxygens (including phenoxy) is 1. The predicted octanol–water partition coefficient (Wildman–Crippen LogP) is 0.843. The molecule has 0 unspecified atom stereocenters. The Morgan fingerprint density at radius 2 is 1.94 bits per heavy atom. The van der Waals surface area contributed by atoms with E-state index in [1.165, 1.54) is 19.2 Å². The number of sulfonamides is 1. The van der Waals surface area contributed by atoms with Crippen molar-refractivity contribution in [2.24, 2.45) is 0 Å². The molecule has 1 aromatic carbocycles. The van der Waals surface area contributed by atoms with Crippen LogP contribution in [0.15, 0.2) is 29.2 Å². The quantitative estimate of drug-likeness (QED) is 0.804. The first kappa shape index (κ1) is 13.0. The molecule has 1 aromatic rings. The van der Waals surface area contributed by atoms with Gasteiger partial charge in [0.2, 0.25) is 10.0 Å². The molecule has 1 N–H and O–H groups in total. The molecule has 0 atom stereocenters. The highest BCUT2D eigenvalue weighted by Gasteiger charge is 2.27. The van der Waals surface area contributed by atoms with Crippen LogP contribution in [0.4, 0.5) is 0 Å². The lowest BCUT2D eigenvalue weighted by Gasteiger charge is -2.06. The first-order chi connectivity index (χ1) is 8.51. The average Bonchev–Trinajstić information content (AvgIpc) is 3.13. The number of benzene rings is 1. The molecular formula is C12H15NO4S. The second-order valence-electron chi connectivity index (χ2n) is 4.29. The predicted molar refractivity (Wildman–Crippen MR) is 65.5 cm³/mol. The van der Waals surface area contributed by atoms with Crippen molar-refractivity contribution in [2.75, 3.05) is 7.11 Å². The minimum atomic E-state index is -3.41. The van der Waals surface area contributed by atoms with Crippen LogP contribution in [0.1, 0.15) is 18.4 Å². The number of carbonyl (C=O) groups excluding carboxylic acids is 1. The largest absolute Gasteiger partial charge is 0.469 e. The highest BCUT2D eigenvalue weighted by atomic mass is 32.2. The first-order valence-corrected chi connectivity index (χ1v) is 7.17. The number of carbonyl (C=O) groups is 1. The Morgan fingerprint density at radius 3 is 2.44 bits per heavy atom. The van der Waals surface area contributed by atoms with Crippen molar-refractivity contribution in [2.45, 2.75) is 30.2 Å². The summed E-state index contributed by atoms with van der Waals surface area (Å²) in [5.41, 5.74) is 0.729. The molecule has 1 fully saturated rings. The van der Waals surface area contributed by atoms with Crippen molar-refractivity contribution < 1.29 is 17.9 Å². The van der Waals surface area contributed by atoms with E-state index in [9.17, 15) is 13.2 Å². The van der Waals surface area contributed by atoms with E-state index in [0.717, 1.165) is 18.4 Å². The second kappa shape index (κ2) is 5.07. The summed E-state index contributed by atoms with van der Waals surface area (Å²) in [5, 5.41) is 0. The molecule has 0 bridgehead atoms. The molecule has 0 radical (unpaired) electrons. The van der Waals surface area contributed by atoms with Crippen molar-refractivity contribution in [1.82, 2.24) is 4.72 Å². The van der Waals surface area contributed by atoms with Crippen LogP contribution in [-0.4, -0.2) is 27.5 Å². The highest BCUT2D eigenvalue weighted by molar-refractivity contribution is 7.89. The van der Waals surface area contributed by atoms with Crippen LogP contribution in [0.2, 0.25) is 0 Å². The number of hydrogen-bond donors (Lipinski definition) is 1. The summed E-state index contributed by atoms with van der Waals surface area (Å²) in [7, 11) is -2.09. The zero-order valence-corrected chi connectivity index (χ0v) is 10.9. The summed E-state index contributed by atoms with van der Waals surface area (Å²) < 4.78 is 30.9. The van der Waals surface area contributed by atoms with Crippen LogP contribution >= 0.6 is 0 Å². The second-order valence-corrected chi connectivity index (χ2v) is 6.01. The molecule has 5 nitrogen and oxygen atoms in total. The SMILES string of the molecule is COC(=O)Cc1ccc(S(=O)(=O)NC2CC2)cc1. The summed E-state index contributed by atoms with van der Waals surface area (Å²) in [6, 6.07) is 6.34. The number of nitrogens with one attached hydrogen (secondary N) is 1. The average molecular weight is 269 g/mol. The Hall–Kier alpha value is -1.40. The monoisotopic (exact) mass is 269 g/mol. The smallest absolute Gasteiger partial charge is 0.309 e. The van der Waals surface area contributed by atoms with Gasteiger partial charge in [0, 0.05) is 6.04 Å². The summed E-state index contributed by atoms with van der Waals surface area (Å²) in [6.07, 6.45) is 1.95. The van der Waals surface area contributed by atoms with Crippen molar-refractivity contribution in [3.63, 3.8) is 0 Å². The van der Waals surface area contributed by atoms with Crippen LogP contribution in [0.5, 0.6) is 0 Å². The highest BCUT2D eigenvalue weighted by Crippen LogP contribution is 2.22. The third-order valence-corrected chi connectivity index (χ3v) is 4.25. The minimum Gasteiger partial charge on any atom is -0.469 e. The van der Waals surface area contributed by atoms with Gasteiger partial charge in [-0.3, -0.25) is 4.79 Å². The molecule has 98 valence electrons. The number of hydrogen-bond acceptors (Lipinski definition) is 4. The fourth-order valence-electron chi connectivity index (χ4n) is 1.51. The number of methoxy groups -OCH3 is 1. The van der Waals surface area contributed by atoms with Crippen LogP contribution in [-0.2, 0) is 26.0 Å². The zero-order valence-electron chi connectivity index (χ0n) is 10.0. The summed E-state index contributed by atoms with van der Waals surface area (Å²) in [6.45, 7) is 0. The Labute approximate surface area is 106 Å². The lowest BCUT2D eigenvalue weighted by molar-refractivity contribution is -0.139. The molecule has 6 heteroatoms. The van der Waals surface area contributed by atoms with Gasteiger partial charge in [-0.25, -0.2) is 13.1 Å². The molecule has 0 saturated heterocycles. The normalized spacial score (nSPS) is 15.4. The molecule has 1 saturated carbocycles. The van der Waals surface area contributed by atoms with E-state index < -0.39 is 10.0 Å². The first-order valence-electron chi connectivity index (χ1n) is 5.69. The maximum Gasteiger partial charge on any atom is 0.309 e. The van der Waals surface area contributed by atoms with E-state index >= 15 is 0 Å². The maximum atomic E-state index is 11.9. The minimum absolute atomic E-state index is 0.0877. The van der Waals surface area contributed by atoms with Gasteiger partial charge in [0.1, 0.15) is 0 Å². The van der Waals surface area contributed by atoms with E-state index in [1.807, 2.05) is 0 Å². The van der Waals surface area contributed by atoms with E-state index in [0.29, 0.717) is 0 Å². The molecule has 1 aliphatic rings. The van der Waals surface area contributed by atoms with Crippen LogP contribution in [0, 0.1) is 0 Å². The Bertz CT molecular complexity index is 532. The van der Waals surface area contributed by atoms with E-state index in [1.54, 1.807) is 12.1 Å². The molecule has 0 spiro atoms. The molecule has 1 aliphatic carbocycles. The fourth-order valence-corrected chi connectivity index (χ4v) is 2.82. The maximum absolute atomic E-state index is 11.9. The lowest BCUT2D eigenvalue weighted by atomic mass is 10.2. The zero-order chi connectivity index (χ0) is 13.2. The third-order valence-electron chi connectivity index (χ3n) is 2.71. The van der Waals surface area contributed by atoms with Crippen molar-refractivity contribution in [1.29, 1.82) is 0 Å². The van der Waals surface area contributed by atoms with Crippen molar-refractivity contribution in [3.8, 4) is 0 Å². The molecular weight excluding hydrogens is 254 g/mol. The van der Waals surface area contributed by atoms with Gasteiger partial charge in [-0.2, -0.15) is 0 Å². The van der Waals surface area contributed by atoms with Gasteiger partial charge in [-0.1, -0.05) is 12.1 Å². The lowest BCUT2D eigenvalue weighted by Crippen LogP contribution is -2.25. The van der Waals surface area contributed by atoms with Crippen LogP contribution < -0.4 is 4.72 Å². The third kappa shape index (κ3) is 3.30. The van der Waals surface area contributed by atoms with Gasteiger partial charge in [-0.15, -0.1) is 0 Å². The van der Waals surface area contributed by atoms with E-state index in [2.05, 4.69) is 9.46 Å². The van der Waals surface area contributed by atoms with Gasteiger partial charge in [0.25, 0.3) is 0 Å². The van der Waals surface area contributed by atoms with E-state index in [-0.39, 0.29) is 23.3 Å². The number of esters is 1. The summed E-state index contributed by atoms with van der Waals surface area (Å²) in [4.78, 5) is 11.3. The van der Waals surface area contributed by atoms with Gasteiger partial charge in [0.05, 0.1) is 18.4 Å². The van der Waals surface area contributed by atoms with Gasteiger partial charge in [0.15, 0.2) is 0 Å². The fraction of sp³-hybridized carbons (Fsp3) is 0.417. The summed E-state index contributed by atoms with van der Waals surface area (Å²) >= 11 is 0. The van der Waals surface area contributed by atoms with Crippen LogP contribution in [0.25, 0.3) is 0 Å². The van der Waals surface area contributed by atoms with Crippen molar-refractivity contribution in [3.05, 3.63) is 29.8 Å². The van der Waals surface area contributed by atoms with Gasteiger partial charge < -0.3 is 4.74 Å². The van der Waals surface area contributed by atoms with Gasteiger partial charge >= 0.3 is 5.97 Å². The van der Waals surface area contributed by atoms with Crippen molar-refractivity contribution >= 4 is 16.0 Å². The molecule has 0 aromatic heterocycles. The Morgan fingerprint density at radius 1 is 1.33 bits per heavy atom. The topological polar surface area (TPSA) is 72.5 Å². The molecule has 0 aliphatic heterocycles. The van der Waals surface area contributed by atoms with Gasteiger partial charge in [-0.05, 0) is 30.5 Å². The molecule has 0 amide bonds. The Kier molecular flexibility index (Phi) is 3.68. The standard InChI is InChI=1S/C12H15NO4S/c1-17-12(14)8-9-2-6-11(7-3-9)18(15,16)13-10-4-5-10/h2-3,6-7,10,13H,4-5,8H2,1H3. The molecule has 18 heavy (non-hydrogen) atoms. The molecule has 2 rings (SSSR count). The number of rotatable bonds is 5. The van der Waals surface area contributed by atoms with Crippen LogP contribution in [0.3, 0.4) is 0 Å². The van der Waals surface area contributed by atoms with E-state index in [4.69, 9.17) is 0 Å². The Balaban J connectivity index is 2.08.